The summed E-state index contributed by atoms with van der Waals surface area (Å²) in [5.74, 6) is 0.885. The first kappa shape index (κ1) is 21.0. The molecule has 1 aliphatic rings. The third kappa shape index (κ3) is 4.58. The van der Waals surface area contributed by atoms with Gasteiger partial charge in [-0.3, -0.25) is 9.59 Å². The first-order valence-electron chi connectivity index (χ1n) is 10.9. The van der Waals surface area contributed by atoms with E-state index in [0.717, 1.165) is 18.6 Å². The molecule has 6 nitrogen and oxygen atoms in total. The molecule has 2 aromatic carbocycles. The number of aryl methyl sites for hydroxylation is 1. The molecule has 0 aliphatic carbocycles. The van der Waals surface area contributed by atoms with Gasteiger partial charge in [-0.05, 0) is 68.5 Å². The number of piperidine rings is 1. The van der Waals surface area contributed by atoms with E-state index < -0.39 is 0 Å². The number of amides is 2. The normalized spacial score (nSPS) is 14.6. The Morgan fingerprint density at radius 1 is 1.10 bits per heavy atom. The van der Waals surface area contributed by atoms with E-state index in [1.807, 2.05) is 17.9 Å². The maximum atomic E-state index is 12.6. The predicted octanol–water partition coefficient (Wildman–Crippen LogP) is 4.01. The topological polar surface area (TPSA) is 74.4 Å². The highest BCUT2D eigenvalue weighted by Gasteiger charge is 2.26. The maximum Gasteiger partial charge on any atom is 0.251 e. The Labute approximate surface area is 182 Å². The molecule has 0 unspecified atom stereocenters. The van der Waals surface area contributed by atoms with Crippen LogP contribution in [0.2, 0.25) is 0 Å². The van der Waals surface area contributed by atoms with Crippen LogP contribution >= 0.6 is 0 Å². The number of rotatable bonds is 6. The number of likely N-dealkylation sites (tertiary alicyclic amines) is 1. The molecule has 2 amide bonds. The number of nitrogens with zero attached hydrogens (tertiary/aromatic N) is 1. The Bertz CT molecular complexity index is 1060. The van der Waals surface area contributed by atoms with Crippen LogP contribution in [0.3, 0.4) is 0 Å². The number of carbonyl (C=O) groups is 2. The van der Waals surface area contributed by atoms with Gasteiger partial charge >= 0.3 is 0 Å². The number of benzene rings is 2. The Kier molecular flexibility index (Phi) is 6.26. The van der Waals surface area contributed by atoms with Crippen molar-refractivity contribution in [2.24, 2.45) is 0 Å². The van der Waals surface area contributed by atoms with Crippen LogP contribution in [0.4, 0.5) is 0 Å². The fraction of sp³-hybridized carbons (Fsp3) is 0.360. The third-order valence-electron chi connectivity index (χ3n) is 6.03. The second kappa shape index (κ2) is 9.25. The molecule has 2 N–H and O–H groups in total. The number of carbonyl (C=O) groups excluding carboxylic acids is 2. The lowest BCUT2D eigenvalue weighted by molar-refractivity contribution is -0.131. The Morgan fingerprint density at radius 2 is 1.81 bits per heavy atom. The molecule has 0 radical (unpaired) electrons. The zero-order valence-electron chi connectivity index (χ0n) is 18.1. The summed E-state index contributed by atoms with van der Waals surface area (Å²) in [6, 6.07) is 15.3. The molecule has 162 valence electrons. The number of ether oxygens (including phenoxy) is 1. The monoisotopic (exact) mass is 419 g/mol. The molecule has 1 fully saturated rings. The van der Waals surface area contributed by atoms with Crippen LogP contribution in [0.25, 0.3) is 10.9 Å². The van der Waals surface area contributed by atoms with Gasteiger partial charge in [0, 0.05) is 35.2 Å². The highest BCUT2D eigenvalue weighted by Crippen LogP contribution is 2.35. The maximum absolute atomic E-state index is 12.6. The van der Waals surface area contributed by atoms with Crippen LogP contribution in [0.15, 0.2) is 48.5 Å². The van der Waals surface area contributed by atoms with Crippen molar-refractivity contribution in [2.75, 3.05) is 26.2 Å². The lowest BCUT2D eigenvalue weighted by Crippen LogP contribution is -2.43. The second-order valence-corrected chi connectivity index (χ2v) is 8.00. The summed E-state index contributed by atoms with van der Waals surface area (Å²) >= 11 is 0. The van der Waals surface area contributed by atoms with Crippen molar-refractivity contribution in [3.8, 4) is 5.75 Å². The average Bonchev–Trinajstić information content (AvgIpc) is 3.13. The molecular weight excluding hydrogens is 390 g/mol. The van der Waals surface area contributed by atoms with Crippen LogP contribution in [0.5, 0.6) is 5.75 Å². The van der Waals surface area contributed by atoms with Gasteiger partial charge in [0.1, 0.15) is 5.75 Å². The number of hydrogen-bond acceptors (Lipinski definition) is 3. The highest BCUT2D eigenvalue weighted by molar-refractivity contribution is 5.96. The SMILES string of the molecule is CCOc1ccc(C(=O)NCC(=O)N2CCC(c3c(C)[nH]c4ccccc34)CC2)cc1. The van der Waals surface area contributed by atoms with E-state index in [2.05, 4.69) is 35.4 Å². The average molecular weight is 420 g/mol. The van der Waals surface area contributed by atoms with Crippen molar-refractivity contribution in [1.29, 1.82) is 0 Å². The van der Waals surface area contributed by atoms with E-state index in [1.165, 1.54) is 22.2 Å². The summed E-state index contributed by atoms with van der Waals surface area (Å²) in [5.41, 5.74) is 4.29. The van der Waals surface area contributed by atoms with Crippen molar-refractivity contribution < 1.29 is 14.3 Å². The smallest absolute Gasteiger partial charge is 0.251 e. The van der Waals surface area contributed by atoms with Crippen LogP contribution < -0.4 is 10.1 Å². The Balaban J connectivity index is 1.30. The van der Waals surface area contributed by atoms with Crippen LogP contribution in [-0.4, -0.2) is 47.9 Å². The molecule has 4 rings (SSSR count). The van der Waals surface area contributed by atoms with E-state index in [9.17, 15) is 9.59 Å². The summed E-state index contributed by atoms with van der Waals surface area (Å²) in [6.07, 6.45) is 1.86. The first-order chi connectivity index (χ1) is 15.1. The van der Waals surface area contributed by atoms with Gasteiger partial charge in [-0.15, -0.1) is 0 Å². The highest BCUT2D eigenvalue weighted by atomic mass is 16.5. The molecule has 0 saturated carbocycles. The summed E-state index contributed by atoms with van der Waals surface area (Å²) in [4.78, 5) is 30.3. The molecule has 3 aromatic rings. The van der Waals surface area contributed by atoms with Gasteiger partial charge in [-0.25, -0.2) is 0 Å². The summed E-state index contributed by atoms with van der Waals surface area (Å²) < 4.78 is 5.39. The lowest BCUT2D eigenvalue weighted by Gasteiger charge is -2.32. The third-order valence-corrected chi connectivity index (χ3v) is 6.03. The van der Waals surface area contributed by atoms with E-state index in [-0.39, 0.29) is 18.4 Å². The summed E-state index contributed by atoms with van der Waals surface area (Å²) in [7, 11) is 0. The van der Waals surface area contributed by atoms with Gasteiger partial charge < -0.3 is 19.9 Å². The number of aromatic nitrogens is 1. The second-order valence-electron chi connectivity index (χ2n) is 8.00. The molecule has 1 aromatic heterocycles. The van der Waals surface area contributed by atoms with E-state index in [4.69, 9.17) is 4.74 Å². The number of para-hydroxylation sites is 1. The molecule has 6 heteroatoms. The van der Waals surface area contributed by atoms with E-state index in [1.54, 1.807) is 24.3 Å². The van der Waals surface area contributed by atoms with E-state index >= 15 is 0 Å². The molecule has 31 heavy (non-hydrogen) atoms. The summed E-state index contributed by atoms with van der Waals surface area (Å²) in [5, 5.41) is 4.03. The fourth-order valence-corrected chi connectivity index (χ4v) is 4.48. The lowest BCUT2D eigenvalue weighted by atomic mass is 9.87. The summed E-state index contributed by atoms with van der Waals surface area (Å²) in [6.45, 7) is 6.06. The molecule has 1 aliphatic heterocycles. The van der Waals surface area contributed by atoms with Crippen molar-refractivity contribution in [1.82, 2.24) is 15.2 Å². The molecule has 2 heterocycles. The molecule has 0 atom stereocenters. The van der Waals surface area contributed by atoms with Crippen molar-refractivity contribution >= 4 is 22.7 Å². The fourth-order valence-electron chi connectivity index (χ4n) is 4.48. The zero-order chi connectivity index (χ0) is 21.8. The zero-order valence-corrected chi connectivity index (χ0v) is 18.1. The van der Waals surface area contributed by atoms with Gasteiger partial charge in [0.15, 0.2) is 0 Å². The number of H-pyrrole nitrogens is 1. The van der Waals surface area contributed by atoms with Crippen molar-refractivity contribution in [3.05, 3.63) is 65.4 Å². The first-order valence-corrected chi connectivity index (χ1v) is 10.9. The van der Waals surface area contributed by atoms with E-state index in [0.29, 0.717) is 31.2 Å². The van der Waals surface area contributed by atoms with Gasteiger partial charge in [0.2, 0.25) is 5.91 Å². The quantitative estimate of drug-likeness (QED) is 0.634. The van der Waals surface area contributed by atoms with Gasteiger partial charge in [-0.2, -0.15) is 0 Å². The predicted molar refractivity (Wildman–Crippen MR) is 122 cm³/mol. The largest absolute Gasteiger partial charge is 0.494 e. The number of nitrogens with one attached hydrogen (secondary N) is 2. The van der Waals surface area contributed by atoms with Crippen LogP contribution in [0.1, 0.15) is 47.3 Å². The molecule has 1 saturated heterocycles. The van der Waals surface area contributed by atoms with Gasteiger partial charge in [0.05, 0.1) is 13.2 Å². The number of fused-ring (bicyclic) bond motifs is 1. The molecular formula is C25H29N3O3. The van der Waals surface area contributed by atoms with Gasteiger partial charge in [0.25, 0.3) is 5.91 Å². The minimum atomic E-state index is -0.249. The number of hydrogen-bond donors (Lipinski definition) is 2. The minimum absolute atomic E-state index is 0.0167. The van der Waals surface area contributed by atoms with Crippen LogP contribution in [-0.2, 0) is 4.79 Å². The Morgan fingerprint density at radius 3 is 2.52 bits per heavy atom. The molecule has 0 spiro atoms. The number of aromatic amines is 1. The van der Waals surface area contributed by atoms with Crippen LogP contribution in [0, 0.1) is 6.92 Å². The Hall–Kier alpha value is -3.28. The van der Waals surface area contributed by atoms with Gasteiger partial charge in [-0.1, -0.05) is 18.2 Å². The van der Waals surface area contributed by atoms with Crippen molar-refractivity contribution in [2.45, 2.75) is 32.6 Å². The van der Waals surface area contributed by atoms with Crippen molar-refractivity contribution in [3.63, 3.8) is 0 Å². The minimum Gasteiger partial charge on any atom is -0.494 e. The standard InChI is InChI=1S/C25H29N3O3/c1-3-31-20-10-8-19(9-11-20)25(30)26-16-23(29)28-14-12-18(13-15-28)24-17(2)27-22-7-5-4-6-21(22)24/h4-11,18,27H,3,12-16H2,1-2H3,(H,26,30). The molecule has 0 bridgehead atoms.